The van der Waals surface area contributed by atoms with Gasteiger partial charge in [0, 0.05) is 45.8 Å². The Bertz CT molecular complexity index is 1170. The summed E-state index contributed by atoms with van der Waals surface area (Å²) >= 11 is 0. The Morgan fingerprint density at radius 1 is 1.00 bits per heavy atom. The number of para-hydroxylation sites is 1. The highest BCUT2D eigenvalue weighted by molar-refractivity contribution is 5.90. The Balaban J connectivity index is 1.87. The maximum Gasteiger partial charge on any atom is 0.411 e. The molecule has 40 heavy (non-hydrogen) atoms. The van der Waals surface area contributed by atoms with E-state index in [1.54, 1.807) is 34.0 Å². The van der Waals surface area contributed by atoms with Crippen molar-refractivity contribution in [2.45, 2.75) is 71.7 Å². The zero-order valence-corrected chi connectivity index (χ0v) is 25.1. The number of carbonyl (C=O) groups excluding carboxylic acids is 3. The molecule has 1 unspecified atom stereocenters. The second-order valence-corrected chi connectivity index (χ2v) is 11.4. The smallest absolute Gasteiger partial charge is 0.411 e. The standard InChI is InChI=1S/C31H44N4O5/c1-21(2)34(22(3)4)19-17-32-28(36)27-26-15-14-25(39-24-12-10-9-11-13-24)20-23(26)16-18-35(27)30(38)40-31(5,6)29(37)33(7)8/h9-15,20-22,27H,16-19H2,1-8H3,(H,32,36). The lowest BCUT2D eigenvalue weighted by molar-refractivity contribution is -0.146. The van der Waals surface area contributed by atoms with Crippen molar-refractivity contribution >= 4 is 17.9 Å². The fourth-order valence-corrected chi connectivity index (χ4v) is 5.15. The first-order valence-corrected chi connectivity index (χ1v) is 13.9. The van der Waals surface area contributed by atoms with Crippen LogP contribution in [0.5, 0.6) is 11.5 Å². The van der Waals surface area contributed by atoms with Crippen LogP contribution in [0.4, 0.5) is 4.79 Å². The van der Waals surface area contributed by atoms with Gasteiger partial charge in [-0.05, 0) is 83.4 Å². The highest BCUT2D eigenvalue weighted by Gasteiger charge is 2.41. The first-order valence-electron chi connectivity index (χ1n) is 13.9. The van der Waals surface area contributed by atoms with E-state index in [0.29, 0.717) is 48.7 Å². The van der Waals surface area contributed by atoms with Crippen LogP contribution in [0.25, 0.3) is 0 Å². The van der Waals surface area contributed by atoms with Crippen LogP contribution in [0.2, 0.25) is 0 Å². The number of amides is 3. The monoisotopic (exact) mass is 552 g/mol. The van der Waals surface area contributed by atoms with Gasteiger partial charge in [-0.3, -0.25) is 19.4 Å². The van der Waals surface area contributed by atoms with Crippen LogP contribution in [0.1, 0.15) is 58.7 Å². The molecular weight excluding hydrogens is 508 g/mol. The van der Waals surface area contributed by atoms with Gasteiger partial charge in [0.1, 0.15) is 17.5 Å². The van der Waals surface area contributed by atoms with E-state index < -0.39 is 17.7 Å². The summed E-state index contributed by atoms with van der Waals surface area (Å²) in [6.07, 6.45) is -0.196. The summed E-state index contributed by atoms with van der Waals surface area (Å²) in [6, 6.07) is 14.8. The van der Waals surface area contributed by atoms with E-state index in [2.05, 4.69) is 37.9 Å². The number of nitrogens with one attached hydrogen (secondary N) is 1. The van der Waals surface area contributed by atoms with Gasteiger partial charge >= 0.3 is 6.09 Å². The Labute approximate surface area is 238 Å². The number of benzene rings is 2. The highest BCUT2D eigenvalue weighted by Crippen LogP contribution is 2.35. The van der Waals surface area contributed by atoms with Crippen LogP contribution in [0.3, 0.4) is 0 Å². The SMILES string of the molecule is CC(C)N(CCNC(=O)C1c2ccc(Oc3ccccc3)cc2CCN1C(=O)OC(C)(C)C(=O)N(C)C)C(C)C. The molecule has 218 valence electrons. The van der Waals surface area contributed by atoms with Crippen LogP contribution in [0.15, 0.2) is 48.5 Å². The maximum atomic E-state index is 13.7. The number of ether oxygens (including phenoxy) is 2. The van der Waals surface area contributed by atoms with E-state index >= 15 is 0 Å². The number of carbonyl (C=O) groups is 3. The predicted octanol–water partition coefficient (Wildman–Crippen LogP) is 4.62. The fraction of sp³-hybridized carbons (Fsp3) is 0.516. The molecule has 1 aliphatic rings. The van der Waals surface area contributed by atoms with Crippen molar-refractivity contribution in [3.63, 3.8) is 0 Å². The molecule has 9 nitrogen and oxygen atoms in total. The molecule has 0 bridgehead atoms. The van der Waals surface area contributed by atoms with Gasteiger partial charge < -0.3 is 19.7 Å². The van der Waals surface area contributed by atoms with Crippen molar-refractivity contribution in [3.8, 4) is 11.5 Å². The number of nitrogens with zero attached hydrogens (tertiary/aromatic N) is 3. The van der Waals surface area contributed by atoms with Crippen molar-refractivity contribution in [1.82, 2.24) is 20.0 Å². The fourth-order valence-electron chi connectivity index (χ4n) is 5.15. The molecule has 0 saturated carbocycles. The van der Waals surface area contributed by atoms with Crippen LogP contribution >= 0.6 is 0 Å². The van der Waals surface area contributed by atoms with E-state index in [4.69, 9.17) is 9.47 Å². The van der Waals surface area contributed by atoms with Crippen molar-refractivity contribution in [1.29, 1.82) is 0 Å². The number of fused-ring (bicyclic) bond motifs is 1. The summed E-state index contributed by atoms with van der Waals surface area (Å²) in [5.74, 6) is 0.732. The van der Waals surface area contributed by atoms with Gasteiger partial charge in [-0.15, -0.1) is 0 Å². The Morgan fingerprint density at radius 2 is 1.65 bits per heavy atom. The van der Waals surface area contributed by atoms with Crippen molar-refractivity contribution in [2.24, 2.45) is 0 Å². The molecule has 2 aromatic rings. The van der Waals surface area contributed by atoms with Gasteiger partial charge in [-0.1, -0.05) is 24.3 Å². The van der Waals surface area contributed by atoms with Gasteiger partial charge in [0.15, 0.2) is 5.60 Å². The average molecular weight is 553 g/mol. The first kappa shape index (κ1) is 30.9. The second kappa shape index (κ2) is 13.2. The number of rotatable bonds is 10. The average Bonchev–Trinajstić information content (AvgIpc) is 2.89. The summed E-state index contributed by atoms with van der Waals surface area (Å²) in [7, 11) is 3.22. The molecule has 1 aliphatic heterocycles. The zero-order valence-electron chi connectivity index (χ0n) is 25.1. The predicted molar refractivity (Wildman–Crippen MR) is 155 cm³/mol. The van der Waals surface area contributed by atoms with Gasteiger partial charge in [0.2, 0.25) is 5.91 Å². The lowest BCUT2D eigenvalue weighted by Gasteiger charge is -2.38. The third-order valence-corrected chi connectivity index (χ3v) is 7.06. The van der Waals surface area contributed by atoms with Crippen LogP contribution < -0.4 is 10.1 Å². The van der Waals surface area contributed by atoms with Gasteiger partial charge in [0.05, 0.1) is 0 Å². The normalized spacial score (nSPS) is 15.2. The maximum absolute atomic E-state index is 13.7. The summed E-state index contributed by atoms with van der Waals surface area (Å²) in [6.45, 7) is 13.0. The van der Waals surface area contributed by atoms with Gasteiger partial charge in [-0.2, -0.15) is 0 Å². The Hall–Kier alpha value is -3.59. The number of likely N-dealkylation sites (N-methyl/N-ethyl adjacent to an activating group) is 1. The summed E-state index contributed by atoms with van der Waals surface area (Å²) in [5, 5.41) is 3.04. The molecule has 0 spiro atoms. The molecule has 0 saturated heterocycles. The lowest BCUT2D eigenvalue weighted by Crippen LogP contribution is -2.52. The molecule has 2 aromatic carbocycles. The van der Waals surface area contributed by atoms with Crippen LogP contribution in [0, 0.1) is 0 Å². The number of hydrogen-bond acceptors (Lipinski definition) is 6. The van der Waals surface area contributed by atoms with E-state index in [9.17, 15) is 14.4 Å². The van der Waals surface area contributed by atoms with Crippen molar-refractivity contribution in [2.75, 3.05) is 33.7 Å². The molecule has 0 aromatic heterocycles. The molecule has 3 rings (SSSR count). The van der Waals surface area contributed by atoms with Crippen LogP contribution in [-0.4, -0.2) is 84.0 Å². The molecule has 1 atom stereocenters. The molecule has 0 aliphatic carbocycles. The van der Waals surface area contributed by atoms with Crippen molar-refractivity contribution in [3.05, 3.63) is 59.7 Å². The second-order valence-electron chi connectivity index (χ2n) is 11.4. The third-order valence-electron chi connectivity index (χ3n) is 7.06. The lowest BCUT2D eigenvalue weighted by atomic mass is 9.92. The molecule has 0 fully saturated rings. The Morgan fingerprint density at radius 3 is 2.25 bits per heavy atom. The summed E-state index contributed by atoms with van der Waals surface area (Å²) < 4.78 is 11.7. The number of hydrogen-bond donors (Lipinski definition) is 1. The molecule has 1 heterocycles. The summed E-state index contributed by atoms with van der Waals surface area (Å²) in [4.78, 5) is 44.9. The zero-order chi connectivity index (χ0) is 29.6. The molecule has 3 amide bonds. The largest absolute Gasteiger partial charge is 0.457 e. The molecular formula is C31H44N4O5. The minimum Gasteiger partial charge on any atom is -0.457 e. The van der Waals surface area contributed by atoms with E-state index in [-0.39, 0.29) is 18.4 Å². The minimum atomic E-state index is -1.38. The van der Waals surface area contributed by atoms with E-state index in [0.717, 1.165) is 5.56 Å². The molecule has 1 N–H and O–H groups in total. The first-order chi connectivity index (χ1) is 18.8. The quantitative estimate of drug-likeness (QED) is 0.463. The van der Waals surface area contributed by atoms with Gasteiger partial charge in [0.25, 0.3) is 5.91 Å². The third kappa shape index (κ3) is 7.53. The Kier molecular flexibility index (Phi) is 10.2. The van der Waals surface area contributed by atoms with E-state index in [1.807, 2.05) is 42.5 Å². The molecule has 0 radical (unpaired) electrons. The summed E-state index contributed by atoms with van der Waals surface area (Å²) in [5.41, 5.74) is 0.249. The highest BCUT2D eigenvalue weighted by atomic mass is 16.6. The minimum absolute atomic E-state index is 0.259. The van der Waals surface area contributed by atoms with Crippen LogP contribution in [-0.2, 0) is 20.7 Å². The topological polar surface area (TPSA) is 91.4 Å². The van der Waals surface area contributed by atoms with Gasteiger partial charge in [-0.25, -0.2) is 4.79 Å². The van der Waals surface area contributed by atoms with E-state index in [1.165, 1.54) is 9.80 Å². The molecule has 9 heteroatoms. The van der Waals surface area contributed by atoms with Crippen molar-refractivity contribution < 1.29 is 23.9 Å².